The number of hydrogen-bond donors (Lipinski definition) is 1. The fourth-order valence-electron chi connectivity index (χ4n) is 2.96. The highest BCUT2D eigenvalue weighted by molar-refractivity contribution is 6.10. The molecule has 1 aliphatic heterocycles. The molecule has 3 aromatic rings. The van der Waals surface area contributed by atoms with Crippen molar-refractivity contribution < 1.29 is 23.8 Å². The Morgan fingerprint density at radius 1 is 1.00 bits per heavy atom. The van der Waals surface area contributed by atoms with Crippen molar-refractivity contribution in [2.24, 2.45) is 0 Å². The zero-order chi connectivity index (χ0) is 18.6. The molecule has 0 saturated carbocycles. The molecule has 2 aromatic carbocycles. The summed E-state index contributed by atoms with van der Waals surface area (Å²) in [5, 5.41) is 0.774. The molecule has 6 heteroatoms. The third-order valence-corrected chi connectivity index (χ3v) is 4.27. The lowest BCUT2D eigenvalue weighted by Gasteiger charge is -2.19. The van der Waals surface area contributed by atoms with Crippen LogP contribution in [0.25, 0.3) is 10.9 Å². The molecule has 6 nitrogen and oxygen atoms in total. The van der Waals surface area contributed by atoms with Gasteiger partial charge in [0.1, 0.15) is 19.5 Å². The Labute approximate surface area is 155 Å². The lowest BCUT2D eigenvalue weighted by atomic mass is 9.99. The molecule has 2 heterocycles. The van der Waals surface area contributed by atoms with Crippen LogP contribution in [0.1, 0.15) is 22.0 Å². The van der Waals surface area contributed by atoms with Crippen molar-refractivity contribution in [3.05, 3.63) is 83.9 Å². The number of Topliss-reactive ketones (excluding diaryl/α,β-unsaturated/α-hetero) is 1. The number of para-hydroxylation sites is 1. The van der Waals surface area contributed by atoms with Crippen molar-refractivity contribution in [3.63, 3.8) is 0 Å². The second kappa shape index (κ2) is 7.37. The molecule has 0 saturated heterocycles. The van der Waals surface area contributed by atoms with E-state index in [-0.39, 0.29) is 18.1 Å². The molecule has 27 heavy (non-hydrogen) atoms. The molecule has 0 radical (unpaired) electrons. The predicted octanol–water partition coefficient (Wildman–Crippen LogP) is 3.52. The number of fused-ring (bicyclic) bond motifs is 1. The highest BCUT2D eigenvalue weighted by Gasteiger charge is 2.30. The summed E-state index contributed by atoms with van der Waals surface area (Å²) in [7, 11) is 0. The SMILES string of the molecule is O=C(OC(C(=O)c1c[nH]c2ccccc12)c1ccccc1)C1=COCCO1. The van der Waals surface area contributed by atoms with Gasteiger partial charge in [-0.2, -0.15) is 0 Å². The van der Waals surface area contributed by atoms with E-state index >= 15 is 0 Å². The van der Waals surface area contributed by atoms with E-state index in [1.165, 1.54) is 6.26 Å². The summed E-state index contributed by atoms with van der Waals surface area (Å²) >= 11 is 0. The molecular weight excluding hydrogens is 346 g/mol. The monoisotopic (exact) mass is 363 g/mol. The maximum Gasteiger partial charge on any atom is 0.377 e. The van der Waals surface area contributed by atoms with Crippen LogP contribution in [0.5, 0.6) is 0 Å². The van der Waals surface area contributed by atoms with E-state index in [0.717, 1.165) is 10.9 Å². The molecule has 1 N–H and O–H groups in total. The molecule has 1 unspecified atom stereocenters. The highest BCUT2D eigenvalue weighted by Crippen LogP contribution is 2.28. The Kier molecular flexibility index (Phi) is 4.61. The molecule has 1 atom stereocenters. The molecule has 136 valence electrons. The van der Waals surface area contributed by atoms with Gasteiger partial charge < -0.3 is 19.2 Å². The Balaban J connectivity index is 1.68. The standard InChI is InChI=1S/C21H17NO5/c23-19(16-12-22-17-9-5-4-8-15(16)17)20(14-6-2-1-3-7-14)27-21(24)18-13-25-10-11-26-18/h1-9,12-13,20,22H,10-11H2. The molecular formula is C21H17NO5. The summed E-state index contributed by atoms with van der Waals surface area (Å²) in [6.07, 6.45) is 1.75. The van der Waals surface area contributed by atoms with Gasteiger partial charge >= 0.3 is 5.97 Å². The number of H-pyrrole nitrogens is 1. The first kappa shape index (κ1) is 16.9. The quantitative estimate of drug-likeness (QED) is 0.554. The number of esters is 1. The molecule has 0 bridgehead atoms. The Morgan fingerprint density at radius 3 is 2.56 bits per heavy atom. The van der Waals surface area contributed by atoms with Crippen molar-refractivity contribution in [1.29, 1.82) is 0 Å². The Morgan fingerprint density at radius 2 is 1.78 bits per heavy atom. The number of ether oxygens (including phenoxy) is 3. The number of aromatic nitrogens is 1. The minimum Gasteiger partial charge on any atom is -0.493 e. The molecule has 1 aliphatic rings. The van der Waals surface area contributed by atoms with Gasteiger partial charge in [0.25, 0.3) is 0 Å². The van der Waals surface area contributed by atoms with E-state index < -0.39 is 12.1 Å². The molecule has 0 amide bonds. The number of rotatable bonds is 5. The van der Waals surface area contributed by atoms with Gasteiger partial charge in [-0.05, 0) is 6.07 Å². The van der Waals surface area contributed by atoms with Crippen LogP contribution in [-0.2, 0) is 19.0 Å². The van der Waals surface area contributed by atoms with Gasteiger partial charge in [0, 0.05) is 28.2 Å². The van der Waals surface area contributed by atoms with Crippen LogP contribution in [0, 0.1) is 0 Å². The van der Waals surface area contributed by atoms with Gasteiger partial charge in [0.15, 0.2) is 6.10 Å². The van der Waals surface area contributed by atoms with E-state index in [4.69, 9.17) is 14.2 Å². The summed E-state index contributed by atoms with van der Waals surface area (Å²) in [5.74, 6) is -1.10. The van der Waals surface area contributed by atoms with Crippen LogP contribution in [-0.4, -0.2) is 30.0 Å². The zero-order valence-electron chi connectivity index (χ0n) is 14.4. The fourth-order valence-corrected chi connectivity index (χ4v) is 2.96. The maximum absolute atomic E-state index is 13.2. The van der Waals surface area contributed by atoms with Gasteiger partial charge in [-0.1, -0.05) is 48.5 Å². The number of carbonyl (C=O) groups excluding carboxylic acids is 2. The topological polar surface area (TPSA) is 77.6 Å². The number of nitrogens with one attached hydrogen (secondary N) is 1. The highest BCUT2D eigenvalue weighted by atomic mass is 16.6. The third kappa shape index (κ3) is 3.42. The van der Waals surface area contributed by atoms with E-state index in [2.05, 4.69) is 4.98 Å². The van der Waals surface area contributed by atoms with Gasteiger partial charge in [0.2, 0.25) is 11.5 Å². The van der Waals surface area contributed by atoms with Crippen molar-refractivity contribution >= 4 is 22.7 Å². The zero-order valence-corrected chi connectivity index (χ0v) is 14.4. The predicted molar refractivity (Wildman–Crippen MR) is 97.9 cm³/mol. The minimum atomic E-state index is -1.09. The molecule has 0 aliphatic carbocycles. The van der Waals surface area contributed by atoms with Crippen molar-refractivity contribution in [1.82, 2.24) is 4.98 Å². The Bertz CT molecular complexity index is 1010. The fraction of sp³-hybridized carbons (Fsp3) is 0.143. The van der Waals surface area contributed by atoms with Gasteiger partial charge in [0.05, 0.1) is 0 Å². The van der Waals surface area contributed by atoms with Crippen molar-refractivity contribution in [2.45, 2.75) is 6.10 Å². The number of carbonyl (C=O) groups is 2. The van der Waals surface area contributed by atoms with Gasteiger partial charge in [-0.15, -0.1) is 0 Å². The third-order valence-electron chi connectivity index (χ3n) is 4.27. The smallest absolute Gasteiger partial charge is 0.377 e. The van der Waals surface area contributed by atoms with Crippen molar-refractivity contribution in [2.75, 3.05) is 13.2 Å². The normalized spacial score (nSPS) is 14.6. The summed E-state index contributed by atoms with van der Waals surface area (Å²) in [4.78, 5) is 28.8. The maximum atomic E-state index is 13.2. The average Bonchev–Trinajstić information content (AvgIpc) is 3.17. The molecule has 1 aromatic heterocycles. The van der Waals surface area contributed by atoms with E-state index in [9.17, 15) is 9.59 Å². The van der Waals surface area contributed by atoms with Crippen LogP contribution in [0.2, 0.25) is 0 Å². The number of aromatic amines is 1. The first-order chi connectivity index (χ1) is 13.2. The number of benzene rings is 2. The van der Waals surface area contributed by atoms with Crippen LogP contribution in [0.4, 0.5) is 0 Å². The lowest BCUT2D eigenvalue weighted by molar-refractivity contribution is -0.148. The van der Waals surface area contributed by atoms with Crippen LogP contribution >= 0.6 is 0 Å². The van der Waals surface area contributed by atoms with Gasteiger partial charge in [-0.3, -0.25) is 4.79 Å². The molecule has 0 spiro atoms. The largest absolute Gasteiger partial charge is 0.493 e. The summed E-state index contributed by atoms with van der Waals surface area (Å²) in [5.41, 5.74) is 1.88. The van der Waals surface area contributed by atoms with Crippen LogP contribution in [0.3, 0.4) is 0 Å². The van der Waals surface area contributed by atoms with Gasteiger partial charge in [-0.25, -0.2) is 4.79 Å². The van der Waals surface area contributed by atoms with E-state index in [1.807, 2.05) is 30.3 Å². The second-order valence-corrected chi connectivity index (χ2v) is 6.01. The molecule has 4 rings (SSSR count). The summed E-state index contributed by atoms with van der Waals surface area (Å²) in [6.45, 7) is 0.625. The summed E-state index contributed by atoms with van der Waals surface area (Å²) < 4.78 is 15.9. The van der Waals surface area contributed by atoms with E-state index in [1.54, 1.807) is 30.5 Å². The molecule has 0 fully saturated rings. The number of hydrogen-bond acceptors (Lipinski definition) is 5. The first-order valence-corrected chi connectivity index (χ1v) is 8.55. The van der Waals surface area contributed by atoms with Crippen LogP contribution < -0.4 is 0 Å². The van der Waals surface area contributed by atoms with Crippen molar-refractivity contribution in [3.8, 4) is 0 Å². The first-order valence-electron chi connectivity index (χ1n) is 8.55. The lowest BCUT2D eigenvalue weighted by Crippen LogP contribution is -2.23. The van der Waals surface area contributed by atoms with E-state index in [0.29, 0.717) is 17.7 Å². The summed E-state index contributed by atoms with van der Waals surface area (Å²) in [6, 6.07) is 16.4. The number of ketones is 1. The average molecular weight is 363 g/mol. The second-order valence-electron chi connectivity index (χ2n) is 6.01. The Hall–Kier alpha value is -3.54. The minimum absolute atomic E-state index is 0.0473. The van der Waals surface area contributed by atoms with Crippen LogP contribution in [0.15, 0.2) is 72.8 Å².